The van der Waals surface area contributed by atoms with E-state index in [1.165, 1.54) is 7.11 Å². The van der Waals surface area contributed by atoms with Crippen molar-refractivity contribution in [2.75, 3.05) is 42.7 Å². The van der Waals surface area contributed by atoms with Gasteiger partial charge < -0.3 is 0 Å². The molecular weight excluding hydrogens is 589 g/mol. The Labute approximate surface area is 244 Å². The summed E-state index contributed by atoms with van der Waals surface area (Å²) in [7, 11) is 2.07. The molecule has 41 heavy (non-hydrogen) atoms. The number of hydrogen-bond acceptors (Lipinski definition) is 11. The van der Waals surface area contributed by atoms with Gasteiger partial charge in [0.1, 0.15) is 0 Å². The van der Waals surface area contributed by atoms with Crippen LogP contribution < -0.4 is 19.1 Å². The monoisotopic (exact) mass is 628 g/mol. The van der Waals surface area contributed by atoms with E-state index in [9.17, 15) is 0 Å². The van der Waals surface area contributed by atoms with Crippen LogP contribution >= 0.6 is 24.7 Å². The summed E-state index contributed by atoms with van der Waals surface area (Å²) in [5.41, 5.74) is 2.80. The van der Waals surface area contributed by atoms with Crippen LogP contribution in [0.5, 0.6) is 17.2 Å². The van der Waals surface area contributed by atoms with Gasteiger partial charge >= 0.3 is 245 Å². The molecule has 0 fully saturated rings. The van der Waals surface area contributed by atoms with Gasteiger partial charge in [0.25, 0.3) is 0 Å². The Kier molecular flexibility index (Phi) is 14.4. The van der Waals surface area contributed by atoms with Crippen molar-refractivity contribution in [3.63, 3.8) is 0 Å². The number of hydrogen-bond donors (Lipinski definition) is 1. The maximum atomic E-state index is 6.35. The Hall–Kier alpha value is -2.13. The molecular formula is C27H39N2O9P3. The van der Waals surface area contributed by atoms with Gasteiger partial charge in [0.15, 0.2) is 0 Å². The summed E-state index contributed by atoms with van der Waals surface area (Å²) in [6, 6.07) is 22.7. The quantitative estimate of drug-likeness (QED) is 0.147. The summed E-state index contributed by atoms with van der Waals surface area (Å²) < 4.78 is 56.3. The minimum atomic E-state index is -3.57. The van der Waals surface area contributed by atoms with Gasteiger partial charge in [0, 0.05) is 0 Å². The molecule has 0 heterocycles. The minimum absolute atomic E-state index is 0.212. The summed E-state index contributed by atoms with van der Waals surface area (Å²) in [5.74, 6) is 2.28. The molecule has 0 radical (unpaired) electrons. The van der Waals surface area contributed by atoms with Crippen molar-refractivity contribution >= 4 is 24.7 Å². The number of nitrogens with one attached hydrogen (secondary N) is 1. The van der Waals surface area contributed by atoms with Crippen molar-refractivity contribution in [3.05, 3.63) is 89.5 Å². The molecule has 11 nitrogen and oxygen atoms in total. The van der Waals surface area contributed by atoms with Gasteiger partial charge in [0.05, 0.1) is 0 Å². The fraction of sp³-hybridized carbons (Fsp3) is 0.333. The van der Waals surface area contributed by atoms with E-state index in [-0.39, 0.29) is 13.2 Å². The summed E-state index contributed by atoms with van der Waals surface area (Å²) in [4.78, 5) is 3.28. The van der Waals surface area contributed by atoms with E-state index in [0.29, 0.717) is 6.61 Å². The van der Waals surface area contributed by atoms with Crippen molar-refractivity contribution in [2.45, 2.75) is 19.8 Å². The van der Waals surface area contributed by atoms with Gasteiger partial charge in [-0.25, -0.2) is 0 Å². The average molecular weight is 629 g/mol. The third-order valence-electron chi connectivity index (χ3n) is 5.71. The molecule has 14 heteroatoms. The summed E-state index contributed by atoms with van der Waals surface area (Å²) in [6.45, 7) is 0.790. The predicted octanol–water partition coefficient (Wildman–Crippen LogP) is 7.06. The van der Waals surface area contributed by atoms with Crippen LogP contribution in [0.2, 0.25) is 0 Å². The molecule has 226 valence electrons. The van der Waals surface area contributed by atoms with E-state index >= 15 is 0 Å². The molecule has 3 aromatic rings. The topological polar surface area (TPSA) is 107 Å². The second kappa shape index (κ2) is 17.7. The van der Waals surface area contributed by atoms with E-state index in [2.05, 4.69) is 4.86 Å². The first kappa shape index (κ1) is 33.4. The fourth-order valence-electron chi connectivity index (χ4n) is 3.37. The standard InChI is InChI=1S/C27H39N2O9P3/c1-30-25-13-7-22(8-14-25)19-36-39(33-4)28-41(35-6,38-21-24-11-17-27(32-3)18-12-24)29-40(34-5)37-20-23-9-15-26(31-2)16-10-23/h7-18,28,40-41H,19-21H2,1-6H3. The Morgan fingerprint density at radius 2 is 1.12 bits per heavy atom. The zero-order valence-electron chi connectivity index (χ0n) is 24.1. The summed E-state index contributed by atoms with van der Waals surface area (Å²) >= 11 is 0. The zero-order chi connectivity index (χ0) is 29.5. The first-order chi connectivity index (χ1) is 20.0. The number of ether oxygens (including phenoxy) is 3. The van der Waals surface area contributed by atoms with E-state index in [1.54, 1.807) is 35.5 Å². The molecule has 2 atom stereocenters. The molecule has 3 aromatic carbocycles. The Morgan fingerprint density at radius 1 is 0.659 bits per heavy atom. The SMILES string of the molecule is COc1ccc(COP(N[PH](N=[PH](OC)OCc2ccc(OC)cc2)(OC)OCc2ccc(OC)cc2)OC)cc1. The van der Waals surface area contributed by atoms with Crippen LogP contribution in [0.1, 0.15) is 16.7 Å². The van der Waals surface area contributed by atoms with Gasteiger partial charge in [-0.15, -0.1) is 0 Å². The van der Waals surface area contributed by atoms with E-state index in [4.69, 9.17) is 45.9 Å². The Morgan fingerprint density at radius 3 is 1.54 bits per heavy atom. The second-order valence-corrected chi connectivity index (χ2v) is 14.3. The van der Waals surface area contributed by atoms with Gasteiger partial charge in [-0.3, -0.25) is 0 Å². The molecule has 2 unspecified atom stereocenters. The number of rotatable bonds is 18. The van der Waals surface area contributed by atoms with Crippen LogP contribution in [0.4, 0.5) is 0 Å². The van der Waals surface area contributed by atoms with Crippen molar-refractivity contribution in [1.82, 2.24) is 4.86 Å². The van der Waals surface area contributed by atoms with Crippen LogP contribution in [0.3, 0.4) is 0 Å². The normalized spacial score (nSPS) is 13.5. The average Bonchev–Trinajstić information content (AvgIpc) is 3.04. The third-order valence-corrected chi connectivity index (χ3v) is 12.0. The molecule has 0 saturated carbocycles. The maximum absolute atomic E-state index is 6.35. The molecule has 0 aliphatic heterocycles. The number of methoxy groups -OCH3 is 3. The molecule has 0 amide bonds. The Bertz CT molecular complexity index is 1200. The van der Waals surface area contributed by atoms with E-state index in [1.807, 2.05) is 72.8 Å². The van der Waals surface area contributed by atoms with E-state index in [0.717, 1.165) is 33.9 Å². The molecule has 1 N–H and O–H groups in total. The Balaban J connectivity index is 1.79. The fourth-order valence-corrected chi connectivity index (χ4v) is 9.66. The van der Waals surface area contributed by atoms with Crippen LogP contribution in [0.15, 0.2) is 77.3 Å². The summed E-state index contributed by atoms with van der Waals surface area (Å²) in [6.07, 6.45) is 0. The molecule has 0 aliphatic carbocycles. The molecule has 0 aliphatic rings. The van der Waals surface area contributed by atoms with Crippen molar-refractivity contribution < 1.29 is 41.4 Å². The van der Waals surface area contributed by atoms with Crippen LogP contribution in [-0.4, -0.2) is 42.7 Å². The molecule has 0 spiro atoms. The molecule has 0 bridgehead atoms. The van der Waals surface area contributed by atoms with Crippen molar-refractivity contribution in [1.29, 1.82) is 0 Å². The van der Waals surface area contributed by atoms with Gasteiger partial charge in [-0.1, -0.05) is 0 Å². The third kappa shape index (κ3) is 10.9. The first-order valence-electron chi connectivity index (χ1n) is 12.6. The zero-order valence-corrected chi connectivity index (χ0v) is 27.0. The van der Waals surface area contributed by atoms with Crippen LogP contribution in [0, 0.1) is 0 Å². The van der Waals surface area contributed by atoms with Gasteiger partial charge in [-0.05, 0) is 0 Å². The summed E-state index contributed by atoms with van der Waals surface area (Å²) in [5, 5.41) is 0. The van der Waals surface area contributed by atoms with Gasteiger partial charge in [0.2, 0.25) is 0 Å². The molecule has 3 rings (SSSR count). The van der Waals surface area contributed by atoms with Crippen LogP contribution in [0.25, 0.3) is 0 Å². The van der Waals surface area contributed by atoms with Crippen molar-refractivity contribution in [2.24, 2.45) is 4.52 Å². The number of benzene rings is 3. The van der Waals surface area contributed by atoms with E-state index < -0.39 is 24.7 Å². The molecule has 0 saturated heterocycles. The van der Waals surface area contributed by atoms with Gasteiger partial charge in [-0.2, -0.15) is 0 Å². The second-order valence-electron chi connectivity index (χ2n) is 8.31. The predicted molar refractivity (Wildman–Crippen MR) is 163 cm³/mol. The first-order valence-corrected chi connectivity index (χ1v) is 16.8. The number of nitrogens with zero attached hydrogens (tertiary/aromatic N) is 1. The van der Waals surface area contributed by atoms with Crippen molar-refractivity contribution in [3.8, 4) is 17.2 Å². The molecule has 0 aromatic heterocycles. The van der Waals surface area contributed by atoms with Crippen LogP contribution in [-0.2, 0) is 47.0 Å².